The molecule has 1 aliphatic heterocycles. The fourth-order valence-corrected chi connectivity index (χ4v) is 12.3. The average Bonchev–Trinajstić information content (AvgIpc) is 3.01. The lowest BCUT2D eigenvalue weighted by molar-refractivity contribution is -0.299. The second kappa shape index (κ2) is 11.2. The Bertz CT molecular complexity index is 1240. The molecule has 0 aromatic rings. The molecule has 10 heteroatoms. The van der Waals surface area contributed by atoms with E-state index in [4.69, 9.17) is 9.47 Å². The number of hydrogen-bond acceptors (Lipinski definition) is 10. The Kier molecular flexibility index (Phi) is 8.46. The number of esters is 1. The van der Waals surface area contributed by atoms with Crippen molar-refractivity contribution in [3.8, 4) is 0 Å². The third-order valence-electron chi connectivity index (χ3n) is 15.7. The van der Waals surface area contributed by atoms with E-state index in [-0.39, 0.29) is 34.7 Å². The lowest BCUT2D eigenvalue weighted by atomic mass is 9.33. The second-order valence-corrected chi connectivity index (χ2v) is 17.4. The Morgan fingerprint density at radius 2 is 1.59 bits per heavy atom. The van der Waals surface area contributed by atoms with Crippen molar-refractivity contribution in [2.75, 3.05) is 13.2 Å². The van der Waals surface area contributed by atoms with Gasteiger partial charge in [-0.05, 0) is 98.7 Å². The fraction of sp³-hybridized carbons (Fsp3) is 0.917. The number of aliphatic hydroxyl groups is 7. The van der Waals surface area contributed by atoms with Crippen molar-refractivity contribution >= 4 is 5.97 Å². The van der Waals surface area contributed by atoms with Crippen molar-refractivity contribution in [1.82, 2.24) is 0 Å². The predicted molar refractivity (Wildman–Crippen MR) is 168 cm³/mol. The molecule has 6 aliphatic rings. The van der Waals surface area contributed by atoms with Gasteiger partial charge in [-0.25, -0.2) is 0 Å². The molecule has 0 spiro atoms. The van der Waals surface area contributed by atoms with Crippen molar-refractivity contribution in [1.29, 1.82) is 0 Å². The summed E-state index contributed by atoms with van der Waals surface area (Å²) in [7, 11) is 0. The van der Waals surface area contributed by atoms with Gasteiger partial charge in [0.05, 0.1) is 30.3 Å². The molecule has 0 bridgehead atoms. The van der Waals surface area contributed by atoms with Gasteiger partial charge in [0.2, 0.25) is 6.29 Å². The molecule has 1 saturated heterocycles. The van der Waals surface area contributed by atoms with E-state index in [9.17, 15) is 40.5 Å². The van der Waals surface area contributed by atoms with Gasteiger partial charge < -0.3 is 45.2 Å². The first-order chi connectivity index (χ1) is 21.4. The first-order valence-corrected chi connectivity index (χ1v) is 17.6. The van der Waals surface area contributed by atoms with Crippen LogP contribution in [0.3, 0.4) is 0 Å². The van der Waals surface area contributed by atoms with Crippen LogP contribution < -0.4 is 0 Å². The molecule has 6 rings (SSSR count). The topological polar surface area (TPSA) is 177 Å². The average molecular weight is 651 g/mol. The minimum atomic E-state index is -1.70. The predicted octanol–water partition coefficient (Wildman–Crippen LogP) is 2.44. The minimum absolute atomic E-state index is 0.0435. The van der Waals surface area contributed by atoms with Gasteiger partial charge in [0.15, 0.2) is 0 Å². The van der Waals surface area contributed by atoms with Gasteiger partial charge >= 0.3 is 5.97 Å². The molecule has 46 heavy (non-hydrogen) atoms. The molecule has 10 nitrogen and oxygen atoms in total. The Morgan fingerprint density at radius 1 is 0.891 bits per heavy atom. The first kappa shape index (κ1) is 34.7. The molecule has 16 atom stereocenters. The lowest BCUT2D eigenvalue weighted by Gasteiger charge is -2.72. The molecule has 0 radical (unpaired) electrons. The van der Waals surface area contributed by atoms with Crippen molar-refractivity contribution in [3.63, 3.8) is 0 Å². The highest BCUT2D eigenvalue weighted by Gasteiger charge is 2.72. The first-order valence-electron chi connectivity index (χ1n) is 17.6. The van der Waals surface area contributed by atoms with Crippen LogP contribution >= 0.6 is 0 Å². The number of fused-ring (bicyclic) bond motifs is 7. The number of aliphatic hydroxyl groups excluding tert-OH is 6. The fourth-order valence-electron chi connectivity index (χ4n) is 12.3. The van der Waals surface area contributed by atoms with E-state index >= 15 is 0 Å². The Balaban J connectivity index is 1.39. The maximum atomic E-state index is 14.5. The third kappa shape index (κ3) is 4.39. The Morgan fingerprint density at radius 3 is 2.24 bits per heavy atom. The summed E-state index contributed by atoms with van der Waals surface area (Å²) in [6, 6.07) is 0. The van der Waals surface area contributed by atoms with Crippen molar-refractivity contribution in [2.24, 2.45) is 50.7 Å². The highest BCUT2D eigenvalue weighted by atomic mass is 16.7. The number of hydrogen-bond donors (Lipinski definition) is 7. The standard InChI is InChI=1S/C36H58O10/c1-19-9-14-36(30(43)46-29-27(42)26(41)25(40)21(17-37)45-29)16-15-33(4)20(28(36)35(19,6)44)7-8-23-31(2)12-11-24(39)32(3,18-38)22(31)10-13-34(23,33)5/h7,19,21-29,37-42,44H,8-18H2,1-6H3/t19-,21-,22+,23-,24-,25+,26+,27+,28+,29+,31-,32-,33+,34-,35-,36+/m0/s1. The van der Waals surface area contributed by atoms with E-state index < -0.39 is 71.7 Å². The Labute approximate surface area is 273 Å². The smallest absolute Gasteiger partial charge is 0.315 e. The SMILES string of the molecule is C[C@H]1CC[C@@]2(C(=O)O[C@H]3O[C@@H](CO)[C@@H](O)[C@@H](O)[C@H]3O)CC[C@]3(C)C(=CC[C@H]4[C@@]5(C)CC[C@H](O)[C@@](C)(CO)[C@@H]5CC[C@@]43C)[C@@H]2[C@@]1(C)O. The number of carbonyl (C=O) groups excluding carboxylic acids is 1. The van der Waals surface area contributed by atoms with E-state index in [0.29, 0.717) is 38.0 Å². The van der Waals surface area contributed by atoms with Crippen LogP contribution in [0, 0.1) is 50.7 Å². The number of allylic oxidation sites excluding steroid dienone is 1. The molecule has 7 N–H and O–H groups in total. The van der Waals surface area contributed by atoms with E-state index in [2.05, 4.69) is 26.8 Å². The summed E-state index contributed by atoms with van der Waals surface area (Å²) in [6.45, 7) is 12.3. The van der Waals surface area contributed by atoms with Crippen molar-refractivity contribution in [2.45, 2.75) is 142 Å². The molecule has 5 aliphatic carbocycles. The zero-order chi connectivity index (χ0) is 33.8. The van der Waals surface area contributed by atoms with E-state index in [1.807, 2.05) is 20.8 Å². The quantitative estimate of drug-likeness (QED) is 0.177. The highest BCUT2D eigenvalue weighted by Crippen LogP contribution is 2.76. The highest BCUT2D eigenvalue weighted by molar-refractivity contribution is 5.79. The molecule has 1 heterocycles. The van der Waals surface area contributed by atoms with E-state index in [1.54, 1.807) is 0 Å². The van der Waals surface area contributed by atoms with Crippen LogP contribution in [0.5, 0.6) is 0 Å². The van der Waals surface area contributed by atoms with Gasteiger partial charge in [0, 0.05) is 11.3 Å². The van der Waals surface area contributed by atoms with Crippen LogP contribution in [0.25, 0.3) is 0 Å². The molecule has 0 aromatic heterocycles. The number of carbonyl (C=O) groups is 1. The molecular formula is C36H58O10. The second-order valence-electron chi connectivity index (χ2n) is 17.4. The summed E-state index contributed by atoms with van der Waals surface area (Å²) in [5, 5.41) is 75.0. The maximum absolute atomic E-state index is 14.5. The van der Waals surface area contributed by atoms with Crippen molar-refractivity contribution < 1.29 is 50.0 Å². The molecular weight excluding hydrogens is 592 g/mol. The summed E-state index contributed by atoms with van der Waals surface area (Å²) in [5.74, 6) is -0.749. The number of ether oxygens (including phenoxy) is 2. The van der Waals surface area contributed by atoms with E-state index in [0.717, 1.165) is 31.3 Å². The van der Waals surface area contributed by atoms with Gasteiger partial charge in [-0.1, -0.05) is 46.3 Å². The zero-order valence-corrected chi connectivity index (χ0v) is 28.5. The van der Waals surface area contributed by atoms with Gasteiger partial charge in [-0.3, -0.25) is 4.79 Å². The normalized spacial score (nSPS) is 56.8. The molecule has 262 valence electrons. The van der Waals surface area contributed by atoms with Crippen LogP contribution in [0.1, 0.15) is 99.3 Å². The van der Waals surface area contributed by atoms with Crippen LogP contribution in [0.4, 0.5) is 0 Å². The molecule has 0 unspecified atom stereocenters. The van der Waals surface area contributed by atoms with Crippen LogP contribution in [0.2, 0.25) is 0 Å². The summed E-state index contributed by atoms with van der Waals surface area (Å²) in [4.78, 5) is 14.5. The number of rotatable bonds is 4. The monoisotopic (exact) mass is 650 g/mol. The summed E-state index contributed by atoms with van der Waals surface area (Å²) in [6.07, 6.45) is 0.492. The summed E-state index contributed by atoms with van der Waals surface area (Å²) < 4.78 is 11.5. The van der Waals surface area contributed by atoms with Crippen LogP contribution in [-0.2, 0) is 14.3 Å². The van der Waals surface area contributed by atoms with E-state index in [1.165, 1.54) is 0 Å². The largest absolute Gasteiger partial charge is 0.432 e. The molecule has 4 saturated carbocycles. The summed E-state index contributed by atoms with van der Waals surface area (Å²) >= 11 is 0. The molecule has 5 fully saturated rings. The van der Waals surface area contributed by atoms with Gasteiger partial charge in [0.1, 0.15) is 24.4 Å². The lowest BCUT2D eigenvalue weighted by Crippen LogP contribution is -2.68. The van der Waals surface area contributed by atoms with Crippen LogP contribution in [-0.4, -0.2) is 97.3 Å². The Hall–Kier alpha value is -1.11. The molecule has 0 amide bonds. The maximum Gasteiger partial charge on any atom is 0.315 e. The third-order valence-corrected chi connectivity index (χ3v) is 15.7. The zero-order valence-electron chi connectivity index (χ0n) is 28.5. The van der Waals surface area contributed by atoms with Gasteiger partial charge in [-0.2, -0.15) is 0 Å². The van der Waals surface area contributed by atoms with Crippen molar-refractivity contribution in [3.05, 3.63) is 11.6 Å². The molecule has 0 aromatic carbocycles. The van der Waals surface area contributed by atoms with Gasteiger partial charge in [-0.15, -0.1) is 0 Å². The van der Waals surface area contributed by atoms with Crippen LogP contribution in [0.15, 0.2) is 11.6 Å². The minimum Gasteiger partial charge on any atom is -0.432 e. The van der Waals surface area contributed by atoms with Gasteiger partial charge in [0.25, 0.3) is 0 Å². The summed E-state index contributed by atoms with van der Waals surface area (Å²) in [5.41, 5.74) is -2.34.